The summed E-state index contributed by atoms with van der Waals surface area (Å²) in [4.78, 5) is 15.9. The number of aryl methyl sites for hydroxylation is 1. The first-order valence-electron chi connectivity index (χ1n) is 7.41. The number of esters is 1. The lowest BCUT2D eigenvalue weighted by Crippen LogP contribution is -2.12. The lowest BCUT2D eigenvalue weighted by molar-refractivity contribution is 0.0600. The van der Waals surface area contributed by atoms with Crippen LogP contribution in [0.2, 0.25) is 0 Å². The van der Waals surface area contributed by atoms with Crippen LogP contribution in [0.15, 0.2) is 36.8 Å². The molecule has 8 nitrogen and oxygen atoms in total. The van der Waals surface area contributed by atoms with Crippen molar-refractivity contribution in [2.75, 3.05) is 12.4 Å². The number of carbonyl (C=O) groups is 1. The molecule has 3 aromatic rings. The number of aromatic nitrogens is 3. The fraction of sp³-hybridized carbons (Fsp3) is 0.176. The van der Waals surface area contributed by atoms with E-state index in [9.17, 15) is 15.2 Å². The smallest absolute Gasteiger partial charge is 0.338 e. The Hall–Kier alpha value is -3.44. The minimum atomic E-state index is -1.12. The molecule has 3 rings (SSSR count). The fourth-order valence-corrected chi connectivity index (χ4v) is 2.51. The zero-order valence-corrected chi connectivity index (χ0v) is 13.6. The average molecular weight is 337 g/mol. The number of anilines is 1. The van der Waals surface area contributed by atoms with E-state index in [0.29, 0.717) is 28.0 Å². The van der Waals surface area contributed by atoms with Crippen molar-refractivity contribution in [1.82, 2.24) is 14.6 Å². The number of benzene rings is 1. The molecule has 0 amide bonds. The molecule has 0 saturated heterocycles. The highest BCUT2D eigenvalue weighted by molar-refractivity contribution is 5.92. The van der Waals surface area contributed by atoms with Crippen LogP contribution in [-0.2, 0) is 4.74 Å². The molecule has 0 bridgehead atoms. The van der Waals surface area contributed by atoms with Gasteiger partial charge in [-0.1, -0.05) is 0 Å². The van der Waals surface area contributed by atoms with Gasteiger partial charge in [0.1, 0.15) is 6.07 Å². The van der Waals surface area contributed by atoms with Gasteiger partial charge in [0.2, 0.25) is 0 Å². The molecule has 8 heteroatoms. The number of hydrogen-bond acceptors (Lipinski definition) is 7. The number of aliphatic hydroxyl groups is 1. The van der Waals surface area contributed by atoms with Crippen LogP contribution in [0.5, 0.6) is 0 Å². The van der Waals surface area contributed by atoms with E-state index in [2.05, 4.69) is 15.4 Å². The molecule has 2 heterocycles. The molecule has 0 saturated carbocycles. The van der Waals surface area contributed by atoms with Crippen molar-refractivity contribution >= 4 is 17.3 Å². The van der Waals surface area contributed by atoms with Crippen LogP contribution in [0.3, 0.4) is 0 Å². The van der Waals surface area contributed by atoms with Crippen molar-refractivity contribution in [3.05, 3.63) is 59.0 Å². The molecule has 25 heavy (non-hydrogen) atoms. The van der Waals surface area contributed by atoms with E-state index >= 15 is 0 Å². The first-order valence-corrected chi connectivity index (χ1v) is 7.41. The lowest BCUT2D eigenvalue weighted by atomic mass is 10.0. The third kappa shape index (κ3) is 3.00. The molecule has 1 aromatic carbocycles. The van der Waals surface area contributed by atoms with E-state index in [0.717, 1.165) is 0 Å². The Labute approximate surface area is 143 Å². The first-order chi connectivity index (χ1) is 12.0. The first kappa shape index (κ1) is 16.4. The van der Waals surface area contributed by atoms with Crippen LogP contribution in [0.25, 0.3) is 5.65 Å². The van der Waals surface area contributed by atoms with Crippen LogP contribution < -0.4 is 5.32 Å². The monoisotopic (exact) mass is 337 g/mol. The van der Waals surface area contributed by atoms with Crippen molar-refractivity contribution in [3.63, 3.8) is 0 Å². The van der Waals surface area contributed by atoms with Crippen molar-refractivity contribution < 1.29 is 14.6 Å². The molecule has 0 aliphatic carbocycles. The van der Waals surface area contributed by atoms with Crippen molar-refractivity contribution in [2.45, 2.75) is 13.2 Å². The Bertz CT molecular complexity index is 990. The van der Waals surface area contributed by atoms with E-state index < -0.39 is 12.2 Å². The summed E-state index contributed by atoms with van der Waals surface area (Å²) in [7, 11) is 1.28. The molecular weight excluding hydrogens is 322 g/mol. The molecule has 126 valence electrons. The molecule has 0 radical (unpaired) electrons. The SMILES string of the molecule is COC(=O)c1cc(C#N)c(NC(O)c2cnn3cccnc23)cc1C. The molecule has 1 unspecified atom stereocenters. The summed E-state index contributed by atoms with van der Waals surface area (Å²) in [6, 6.07) is 6.79. The van der Waals surface area contributed by atoms with Gasteiger partial charge < -0.3 is 15.2 Å². The maximum Gasteiger partial charge on any atom is 0.338 e. The lowest BCUT2D eigenvalue weighted by Gasteiger charge is -2.16. The van der Waals surface area contributed by atoms with Gasteiger partial charge in [-0.3, -0.25) is 0 Å². The van der Waals surface area contributed by atoms with Gasteiger partial charge in [0, 0.05) is 12.4 Å². The van der Waals surface area contributed by atoms with Crippen LogP contribution in [0.1, 0.15) is 33.3 Å². The fourth-order valence-electron chi connectivity index (χ4n) is 2.51. The maximum absolute atomic E-state index is 11.7. The summed E-state index contributed by atoms with van der Waals surface area (Å²) in [5.74, 6) is -0.520. The second-order valence-electron chi connectivity index (χ2n) is 5.35. The third-order valence-corrected chi connectivity index (χ3v) is 3.78. The van der Waals surface area contributed by atoms with Gasteiger partial charge >= 0.3 is 5.97 Å². The largest absolute Gasteiger partial charge is 0.465 e. The summed E-state index contributed by atoms with van der Waals surface area (Å²) in [6.07, 6.45) is 3.70. The normalized spacial score (nSPS) is 11.8. The molecular formula is C17H15N5O3. The number of ether oxygens (including phenoxy) is 1. The van der Waals surface area contributed by atoms with Crippen LogP contribution in [0.4, 0.5) is 5.69 Å². The molecule has 0 spiro atoms. The summed E-state index contributed by atoms with van der Waals surface area (Å²) < 4.78 is 6.25. The predicted molar refractivity (Wildman–Crippen MR) is 88.8 cm³/mol. The van der Waals surface area contributed by atoms with Crippen LogP contribution in [0, 0.1) is 18.3 Å². The van der Waals surface area contributed by atoms with Crippen molar-refractivity contribution in [2.24, 2.45) is 0 Å². The Morgan fingerprint density at radius 1 is 1.48 bits per heavy atom. The molecule has 1 atom stereocenters. The molecule has 2 aromatic heterocycles. The molecule has 2 N–H and O–H groups in total. The Morgan fingerprint density at radius 2 is 2.28 bits per heavy atom. The number of nitrogens with one attached hydrogen (secondary N) is 1. The molecule has 0 fully saturated rings. The van der Waals surface area contributed by atoms with Gasteiger partial charge in [0.25, 0.3) is 0 Å². The highest BCUT2D eigenvalue weighted by Gasteiger charge is 2.18. The van der Waals surface area contributed by atoms with Gasteiger partial charge in [0.05, 0.1) is 35.7 Å². The van der Waals surface area contributed by atoms with Crippen LogP contribution in [-0.4, -0.2) is 32.8 Å². The Balaban J connectivity index is 1.96. The third-order valence-electron chi connectivity index (χ3n) is 3.78. The van der Waals surface area contributed by atoms with E-state index in [1.807, 2.05) is 6.07 Å². The number of carbonyl (C=O) groups excluding carboxylic acids is 1. The number of nitriles is 1. The van der Waals surface area contributed by atoms with Crippen molar-refractivity contribution in [1.29, 1.82) is 5.26 Å². The summed E-state index contributed by atoms with van der Waals surface area (Å²) in [5.41, 5.74) is 2.52. The van der Waals surface area contributed by atoms with Gasteiger partial charge in [-0.2, -0.15) is 10.4 Å². The molecule has 0 aliphatic heterocycles. The van der Waals surface area contributed by atoms with E-state index in [1.54, 1.807) is 31.5 Å². The van der Waals surface area contributed by atoms with Gasteiger partial charge in [-0.15, -0.1) is 0 Å². The van der Waals surface area contributed by atoms with Gasteiger partial charge in [-0.25, -0.2) is 14.3 Å². The van der Waals surface area contributed by atoms with E-state index in [-0.39, 0.29) is 5.56 Å². The van der Waals surface area contributed by atoms with Crippen LogP contribution >= 0.6 is 0 Å². The Morgan fingerprint density at radius 3 is 3.00 bits per heavy atom. The van der Waals surface area contributed by atoms with E-state index in [4.69, 9.17) is 4.74 Å². The number of rotatable bonds is 4. The minimum absolute atomic E-state index is 0.217. The van der Waals surface area contributed by atoms with E-state index in [1.165, 1.54) is 23.9 Å². The zero-order chi connectivity index (χ0) is 18.0. The average Bonchev–Trinajstić information content (AvgIpc) is 3.05. The second kappa shape index (κ2) is 6.59. The number of fused-ring (bicyclic) bond motifs is 1. The van der Waals surface area contributed by atoms with Gasteiger partial charge in [0.15, 0.2) is 11.9 Å². The zero-order valence-electron chi connectivity index (χ0n) is 13.6. The summed E-state index contributed by atoms with van der Waals surface area (Å²) >= 11 is 0. The standard InChI is InChI=1S/C17H15N5O3/c1-10-6-14(11(8-18)7-12(10)17(24)25-2)21-16(23)13-9-20-22-5-3-4-19-15(13)22/h3-7,9,16,21,23H,1-2H3. The summed E-state index contributed by atoms with van der Waals surface area (Å²) in [5, 5.41) is 26.8. The highest BCUT2D eigenvalue weighted by atomic mass is 16.5. The second-order valence-corrected chi connectivity index (χ2v) is 5.35. The highest BCUT2D eigenvalue weighted by Crippen LogP contribution is 2.26. The molecule has 0 aliphatic rings. The van der Waals surface area contributed by atoms with Crippen molar-refractivity contribution in [3.8, 4) is 6.07 Å². The number of aliphatic hydroxyl groups excluding tert-OH is 1. The Kier molecular flexibility index (Phi) is 4.33. The topological polar surface area (TPSA) is 113 Å². The minimum Gasteiger partial charge on any atom is -0.465 e. The number of methoxy groups -OCH3 is 1. The maximum atomic E-state index is 11.7. The summed E-state index contributed by atoms with van der Waals surface area (Å²) in [6.45, 7) is 1.72. The van der Waals surface area contributed by atoms with Gasteiger partial charge in [-0.05, 0) is 30.7 Å². The quantitative estimate of drug-likeness (QED) is 0.551. The predicted octanol–water partition coefficient (Wildman–Crippen LogP) is 1.80. The number of nitrogens with zero attached hydrogens (tertiary/aromatic N) is 4. The number of hydrogen-bond donors (Lipinski definition) is 2.